The molecule has 1 aromatic rings. The molecule has 3 rings (SSSR count). The zero-order valence-electron chi connectivity index (χ0n) is 20.4. The van der Waals surface area contributed by atoms with Gasteiger partial charge in [-0.3, -0.25) is 9.69 Å². The third kappa shape index (κ3) is 6.86. The molecule has 7 heteroatoms. The normalized spacial score (nSPS) is 18.7. The molecule has 32 heavy (non-hydrogen) atoms. The van der Waals surface area contributed by atoms with Gasteiger partial charge in [0.25, 0.3) is 5.91 Å². The van der Waals surface area contributed by atoms with Crippen LogP contribution in [-0.2, 0) is 4.74 Å². The molecule has 1 aromatic carbocycles. The highest BCUT2D eigenvalue weighted by atomic mass is 16.6. The number of ether oxygens (including phenoxy) is 1. The number of benzene rings is 1. The molecule has 2 amide bonds. The van der Waals surface area contributed by atoms with Crippen LogP contribution in [0.2, 0.25) is 0 Å². The molecule has 2 saturated heterocycles. The molecule has 2 aliphatic rings. The number of amides is 2. The van der Waals surface area contributed by atoms with Gasteiger partial charge in [-0.25, -0.2) is 4.79 Å². The van der Waals surface area contributed by atoms with E-state index in [1.807, 2.05) is 37.8 Å². The quantitative estimate of drug-likeness (QED) is 0.752. The van der Waals surface area contributed by atoms with Gasteiger partial charge in [-0.15, -0.1) is 0 Å². The van der Waals surface area contributed by atoms with Crippen LogP contribution >= 0.6 is 0 Å². The van der Waals surface area contributed by atoms with Gasteiger partial charge >= 0.3 is 6.09 Å². The molecule has 0 bridgehead atoms. The van der Waals surface area contributed by atoms with Crippen molar-refractivity contribution in [3.8, 4) is 0 Å². The van der Waals surface area contributed by atoms with Gasteiger partial charge in [-0.1, -0.05) is 0 Å². The zero-order chi connectivity index (χ0) is 23.3. The molecule has 0 saturated carbocycles. The second kappa shape index (κ2) is 10.6. The summed E-state index contributed by atoms with van der Waals surface area (Å²) in [6.07, 6.45) is 1.40. The number of nitrogens with one attached hydrogen (secondary N) is 1. The Morgan fingerprint density at radius 2 is 1.59 bits per heavy atom. The highest BCUT2D eigenvalue weighted by molar-refractivity contribution is 5.94. The minimum atomic E-state index is -0.488. The third-order valence-electron chi connectivity index (χ3n) is 6.36. The Hall–Kier alpha value is -2.28. The maximum Gasteiger partial charge on any atom is 0.407 e. The van der Waals surface area contributed by atoms with E-state index in [4.69, 9.17) is 4.74 Å². The Morgan fingerprint density at radius 3 is 2.12 bits per heavy atom. The van der Waals surface area contributed by atoms with Gasteiger partial charge in [-0.2, -0.15) is 0 Å². The highest BCUT2D eigenvalue weighted by Gasteiger charge is 2.25. The second-order valence-electron chi connectivity index (χ2n) is 10.3. The summed E-state index contributed by atoms with van der Waals surface area (Å²) in [4.78, 5) is 31.6. The van der Waals surface area contributed by atoms with E-state index >= 15 is 0 Å². The lowest BCUT2D eigenvalue weighted by Crippen LogP contribution is -2.48. The predicted octanol–water partition coefficient (Wildman–Crippen LogP) is 3.59. The number of carbonyl (C=O) groups excluding carboxylic acids is 2. The number of nitrogens with zero attached hydrogens (tertiary/aromatic N) is 3. The van der Waals surface area contributed by atoms with Crippen LogP contribution in [-0.4, -0.2) is 79.3 Å². The number of piperazine rings is 1. The molecule has 0 spiro atoms. The standard InChI is InChI=1S/C25H40N4O3/c1-19(2)27-14-16-28(17-15-27)22-8-6-21(7-9-22)23(30)29-12-10-20(11-13-29)18-26-24(31)32-25(3,4)5/h6-9,19-20H,10-18H2,1-5H3,(H,26,31). The van der Waals surface area contributed by atoms with Gasteiger partial charge in [0.15, 0.2) is 0 Å². The summed E-state index contributed by atoms with van der Waals surface area (Å²) in [5.41, 5.74) is 1.45. The van der Waals surface area contributed by atoms with Gasteiger partial charge in [0.1, 0.15) is 5.60 Å². The maximum atomic E-state index is 13.0. The first-order valence-corrected chi connectivity index (χ1v) is 12.0. The van der Waals surface area contributed by atoms with E-state index in [-0.39, 0.29) is 12.0 Å². The van der Waals surface area contributed by atoms with Gasteiger partial charge in [0.2, 0.25) is 0 Å². The lowest BCUT2D eigenvalue weighted by atomic mass is 9.96. The van der Waals surface area contributed by atoms with Gasteiger partial charge in [0, 0.05) is 63.1 Å². The molecule has 7 nitrogen and oxygen atoms in total. The number of hydrogen-bond donors (Lipinski definition) is 1. The molecule has 0 unspecified atom stereocenters. The average molecular weight is 445 g/mol. The minimum absolute atomic E-state index is 0.0970. The number of hydrogen-bond acceptors (Lipinski definition) is 5. The molecule has 2 aliphatic heterocycles. The molecular formula is C25H40N4O3. The minimum Gasteiger partial charge on any atom is -0.444 e. The second-order valence-corrected chi connectivity index (χ2v) is 10.3. The van der Waals surface area contributed by atoms with Gasteiger partial charge in [-0.05, 0) is 77.6 Å². The molecule has 0 aliphatic carbocycles. The number of anilines is 1. The van der Waals surface area contributed by atoms with Crippen LogP contribution in [0, 0.1) is 5.92 Å². The van der Waals surface area contributed by atoms with Crippen LogP contribution < -0.4 is 10.2 Å². The topological polar surface area (TPSA) is 65.1 Å². The monoisotopic (exact) mass is 444 g/mol. The number of rotatable bonds is 5. The van der Waals surface area contributed by atoms with Crippen LogP contribution in [0.3, 0.4) is 0 Å². The van der Waals surface area contributed by atoms with Gasteiger partial charge in [0.05, 0.1) is 0 Å². The summed E-state index contributed by atoms with van der Waals surface area (Å²) in [5.74, 6) is 0.471. The Bertz CT molecular complexity index is 756. The van der Waals surface area contributed by atoms with Crippen LogP contribution in [0.25, 0.3) is 0 Å². The largest absolute Gasteiger partial charge is 0.444 e. The van der Waals surface area contributed by atoms with Crippen LogP contribution in [0.4, 0.5) is 10.5 Å². The number of alkyl carbamates (subject to hydrolysis) is 1. The van der Waals surface area contributed by atoms with E-state index in [1.165, 1.54) is 5.69 Å². The van der Waals surface area contributed by atoms with Crippen molar-refractivity contribution in [2.75, 3.05) is 50.7 Å². The van der Waals surface area contributed by atoms with Crippen molar-refractivity contribution < 1.29 is 14.3 Å². The lowest BCUT2D eigenvalue weighted by Gasteiger charge is -2.38. The van der Waals surface area contributed by atoms with Crippen molar-refractivity contribution in [3.63, 3.8) is 0 Å². The molecule has 178 valence electrons. The zero-order valence-corrected chi connectivity index (χ0v) is 20.4. The van der Waals surface area contributed by atoms with E-state index in [0.29, 0.717) is 18.5 Å². The van der Waals surface area contributed by atoms with Crippen molar-refractivity contribution in [1.82, 2.24) is 15.1 Å². The van der Waals surface area contributed by atoms with Crippen molar-refractivity contribution in [2.45, 2.75) is 59.1 Å². The van der Waals surface area contributed by atoms with Crippen LogP contribution in [0.15, 0.2) is 24.3 Å². The summed E-state index contributed by atoms with van der Waals surface area (Å²) in [6.45, 7) is 16.3. The summed E-state index contributed by atoms with van der Waals surface area (Å²) < 4.78 is 5.29. The number of piperidine rings is 1. The van der Waals surface area contributed by atoms with Crippen molar-refractivity contribution in [2.24, 2.45) is 5.92 Å². The van der Waals surface area contributed by atoms with Gasteiger partial charge < -0.3 is 19.9 Å². The first-order valence-electron chi connectivity index (χ1n) is 12.0. The SMILES string of the molecule is CC(C)N1CCN(c2ccc(C(=O)N3CCC(CNC(=O)OC(C)(C)C)CC3)cc2)CC1. The van der Waals surface area contributed by atoms with Crippen molar-refractivity contribution >= 4 is 17.7 Å². The first-order chi connectivity index (χ1) is 15.1. The van der Waals surface area contributed by atoms with Crippen molar-refractivity contribution in [3.05, 3.63) is 29.8 Å². The summed E-state index contributed by atoms with van der Waals surface area (Å²) in [7, 11) is 0. The van der Waals surface area contributed by atoms with E-state index in [9.17, 15) is 9.59 Å². The summed E-state index contributed by atoms with van der Waals surface area (Å²) >= 11 is 0. The highest BCUT2D eigenvalue weighted by Crippen LogP contribution is 2.22. The molecule has 2 fully saturated rings. The Kier molecular flexibility index (Phi) is 8.04. The fraction of sp³-hybridized carbons (Fsp3) is 0.680. The molecular weight excluding hydrogens is 404 g/mol. The molecule has 0 atom stereocenters. The molecule has 1 N–H and O–H groups in total. The predicted molar refractivity (Wildman–Crippen MR) is 128 cm³/mol. The Balaban J connectivity index is 1.44. The van der Waals surface area contributed by atoms with Crippen LogP contribution in [0.5, 0.6) is 0 Å². The summed E-state index contributed by atoms with van der Waals surface area (Å²) in [6, 6.07) is 8.67. The van der Waals surface area contributed by atoms with E-state index in [2.05, 4.69) is 41.1 Å². The van der Waals surface area contributed by atoms with E-state index in [0.717, 1.165) is 57.7 Å². The maximum absolute atomic E-state index is 13.0. The smallest absolute Gasteiger partial charge is 0.407 e. The molecule has 0 radical (unpaired) electrons. The Labute approximate surface area is 193 Å². The average Bonchev–Trinajstić information content (AvgIpc) is 2.76. The van der Waals surface area contributed by atoms with Crippen molar-refractivity contribution in [1.29, 1.82) is 0 Å². The number of likely N-dealkylation sites (tertiary alicyclic amines) is 1. The fourth-order valence-electron chi connectivity index (χ4n) is 4.38. The number of carbonyl (C=O) groups is 2. The summed E-state index contributed by atoms with van der Waals surface area (Å²) in [5, 5.41) is 2.86. The molecule has 0 aromatic heterocycles. The van der Waals surface area contributed by atoms with E-state index in [1.54, 1.807) is 0 Å². The first kappa shape index (κ1) is 24.4. The Morgan fingerprint density at radius 1 is 1.00 bits per heavy atom. The van der Waals surface area contributed by atoms with E-state index < -0.39 is 5.60 Å². The third-order valence-corrected chi connectivity index (χ3v) is 6.36. The molecule has 2 heterocycles. The van der Waals surface area contributed by atoms with Crippen LogP contribution in [0.1, 0.15) is 57.8 Å². The fourth-order valence-corrected chi connectivity index (χ4v) is 4.38. The lowest BCUT2D eigenvalue weighted by molar-refractivity contribution is 0.0500.